The van der Waals surface area contributed by atoms with Gasteiger partial charge in [0.25, 0.3) is 5.56 Å². The fourth-order valence-corrected chi connectivity index (χ4v) is 4.00. The predicted octanol–water partition coefficient (Wildman–Crippen LogP) is 3.44. The Hall–Kier alpha value is -3.19. The molecule has 0 unspecified atom stereocenters. The number of nitrogens with zero attached hydrogens (tertiary/aromatic N) is 3. The van der Waals surface area contributed by atoms with Crippen LogP contribution in [0.4, 0.5) is 0 Å². The normalized spacial score (nSPS) is 11.1. The molecular formula is C21H19N3O3S. The quantitative estimate of drug-likeness (QED) is 0.535. The number of rotatable bonds is 3. The maximum atomic E-state index is 12.7. The lowest BCUT2D eigenvalue weighted by Gasteiger charge is -2.10. The van der Waals surface area contributed by atoms with Crippen LogP contribution in [0.2, 0.25) is 0 Å². The Kier molecular flexibility index (Phi) is 4.39. The minimum Gasteiger partial charge on any atom is -0.496 e. The fraction of sp³-hybridized carbons (Fsp3) is 0.190. The Morgan fingerprint density at radius 2 is 1.82 bits per heavy atom. The van der Waals surface area contributed by atoms with Crippen molar-refractivity contribution in [2.75, 3.05) is 7.11 Å². The van der Waals surface area contributed by atoms with E-state index in [0.717, 1.165) is 32.7 Å². The molecule has 0 bridgehead atoms. The summed E-state index contributed by atoms with van der Waals surface area (Å²) in [6, 6.07) is 12.9. The van der Waals surface area contributed by atoms with Crippen molar-refractivity contribution in [2.24, 2.45) is 7.05 Å². The summed E-state index contributed by atoms with van der Waals surface area (Å²) < 4.78 is 13.8. The minimum absolute atomic E-state index is 0.349. The van der Waals surface area contributed by atoms with Gasteiger partial charge >= 0.3 is 5.69 Å². The largest absolute Gasteiger partial charge is 0.496 e. The van der Waals surface area contributed by atoms with Crippen LogP contribution < -0.4 is 16.0 Å². The molecule has 6 nitrogen and oxygen atoms in total. The highest BCUT2D eigenvalue weighted by molar-refractivity contribution is 7.13. The standard InChI is InChI=1S/C21H19N3O3S/c1-12-5-7-15(17(9-12)27-4)20-16-11-14(6-8-18(16)28-22-20)24-19(25)10-13(2)23(3)21(24)26/h5-11H,1-4H3. The van der Waals surface area contributed by atoms with Crippen LogP contribution in [0.15, 0.2) is 52.1 Å². The first kappa shape index (κ1) is 18.2. The van der Waals surface area contributed by atoms with E-state index in [9.17, 15) is 9.59 Å². The van der Waals surface area contributed by atoms with Crippen molar-refractivity contribution in [1.29, 1.82) is 0 Å². The Morgan fingerprint density at radius 3 is 2.57 bits per heavy atom. The van der Waals surface area contributed by atoms with Crippen molar-refractivity contribution in [2.45, 2.75) is 13.8 Å². The Balaban J connectivity index is 1.98. The van der Waals surface area contributed by atoms with E-state index in [1.54, 1.807) is 27.1 Å². The Bertz CT molecular complexity index is 1330. The Morgan fingerprint density at radius 1 is 1.04 bits per heavy atom. The molecule has 0 atom stereocenters. The van der Waals surface area contributed by atoms with Crippen LogP contribution in [-0.4, -0.2) is 20.6 Å². The van der Waals surface area contributed by atoms with Gasteiger partial charge < -0.3 is 9.30 Å². The molecule has 0 spiro atoms. The molecular weight excluding hydrogens is 374 g/mol. The molecule has 0 amide bonds. The van der Waals surface area contributed by atoms with Gasteiger partial charge in [-0.3, -0.25) is 4.79 Å². The number of benzene rings is 2. The number of aryl methyl sites for hydroxylation is 2. The van der Waals surface area contributed by atoms with Gasteiger partial charge in [-0.15, -0.1) is 0 Å². The molecule has 0 saturated heterocycles. The fourth-order valence-electron chi connectivity index (χ4n) is 3.23. The van der Waals surface area contributed by atoms with Crippen LogP contribution in [0.5, 0.6) is 5.75 Å². The van der Waals surface area contributed by atoms with Crippen LogP contribution in [0, 0.1) is 13.8 Å². The highest BCUT2D eigenvalue weighted by atomic mass is 32.1. The molecule has 0 fully saturated rings. The molecule has 28 heavy (non-hydrogen) atoms. The molecule has 4 aromatic rings. The molecule has 2 heterocycles. The zero-order valence-electron chi connectivity index (χ0n) is 16.0. The van der Waals surface area contributed by atoms with E-state index < -0.39 is 0 Å². The molecule has 2 aromatic carbocycles. The molecule has 0 aliphatic rings. The third-order valence-electron chi connectivity index (χ3n) is 4.88. The van der Waals surface area contributed by atoms with E-state index in [4.69, 9.17) is 4.74 Å². The zero-order chi connectivity index (χ0) is 20.0. The number of aromatic nitrogens is 3. The van der Waals surface area contributed by atoms with Gasteiger partial charge in [-0.1, -0.05) is 6.07 Å². The first-order chi connectivity index (χ1) is 13.4. The van der Waals surface area contributed by atoms with E-state index in [1.807, 2.05) is 37.3 Å². The maximum absolute atomic E-state index is 12.7. The van der Waals surface area contributed by atoms with Crippen LogP contribution in [0.25, 0.3) is 27.0 Å². The first-order valence-corrected chi connectivity index (χ1v) is 9.52. The van der Waals surface area contributed by atoms with Gasteiger partial charge in [0.15, 0.2) is 0 Å². The minimum atomic E-state index is -0.373. The van der Waals surface area contributed by atoms with E-state index in [0.29, 0.717) is 11.4 Å². The molecule has 0 N–H and O–H groups in total. The number of ether oxygens (including phenoxy) is 1. The van der Waals surface area contributed by atoms with Crippen molar-refractivity contribution in [3.63, 3.8) is 0 Å². The molecule has 0 aliphatic heterocycles. The highest BCUT2D eigenvalue weighted by Crippen LogP contribution is 2.37. The second-order valence-corrected chi connectivity index (χ2v) is 7.52. The molecule has 7 heteroatoms. The molecule has 0 radical (unpaired) electrons. The van der Waals surface area contributed by atoms with Crippen molar-refractivity contribution in [1.82, 2.24) is 13.5 Å². The highest BCUT2D eigenvalue weighted by Gasteiger charge is 2.16. The lowest BCUT2D eigenvalue weighted by atomic mass is 10.0. The summed E-state index contributed by atoms with van der Waals surface area (Å²) >= 11 is 1.37. The summed E-state index contributed by atoms with van der Waals surface area (Å²) in [5, 5.41) is 0.874. The van der Waals surface area contributed by atoms with Crippen LogP contribution in [0.1, 0.15) is 11.3 Å². The topological polar surface area (TPSA) is 66.1 Å². The van der Waals surface area contributed by atoms with Crippen LogP contribution in [0.3, 0.4) is 0 Å². The number of fused-ring (bicyclic) bond motifs is 1. The van der Waals surface area contributed by atoms with Gasteiger partial charge in [-0.2, -0.15) is 4.37 Å². The van der Waals surface area contributed by atoms with Crippen molar-refractivity contribution in [3.05, 3.63) is 74.6 Å². The van der Waals surface area contributed by atoms with Crippen molar-refractivity contribution < 1.29 is 4.74 Å². The SMILES string of the molecule is COc1cc(C)ccc1-c1nsc2ccc(-n3c(=O)cc(C)n(C)c3=O)cc12. The average molecular weight is 393 g/mol. The van der Waals surface area contributed by atoms with Crippen molar-refractivity contribution >= 4 is 21.6 Å². The molecule has 142 valence electrons. The van der Waals surface area contributed by atoms with E-state index >= 15 is 0 Å². The molecule has 0 saturated carbocycles. The summed E-state index contributed by atoms with van der Waals surface area (Å²) in [6.45, 7) is 3.74. The summed E-state index contributed by atoms with van der Waals surface area (Å²) in [7, 11) is 3.29. The van der Waals surface area contributed by atoms with E-state index in [1.165, 1.54) is 26.7 Å². The van der Waals surface area contributed by atoms with Gasteiger partial charge in [0.2, 0.25) is 0 Å². The van der Waals surface area contributed by atoms with Gasteiger partial charge in [0.1, 0.15) is 5.75 Å². The van der Waals surface area contributed by atoms with Gasteiger partial charge in [0, 0.05) is 29.8 Å². The first-order valence-electron chi connectivity index (χ1n) is 8.75. The monoisotopic (exact) mass is 393 g/mol. The van der Waals surface area contributed by atoms with Crippen LogP contribution in [-0.2, 0) is 7.05 Å². The van der Waals surface area contributed by atoms with Crippen LogP contribution >= 0.6 is 11.5 Å². The lowest BCUT2D eigenvalue weighted by Crippen LogP contribution is -2.38. The number of hydrogen-bond acceptors (Lipinski definition) is 5. The number of methoxy groups -OCH3 is 1. The predicted molar refractivity (Wildman–Crippen MR) is 112 cm³/mol. The zero-order valence-corrected chi connectivity index (χ0v) is 16.8. The van der Waals surface area contributed by atoms with Crippen molar-refractivity contribution in [3.8, 4) is 22.7 Å². The maximum Gasteiger partial charge on any atom is 0.335 e. The lowest BCUT2D eigenvalue weighted by molar-refractivity contribution is 0.416. The smallest absolute Gasteiger partial charge is 0.335 e. The summed E-state index contributed by atoms with van der Waals surface area (Å²) in [6.07, 6.45) is 0. The Labute approximate surface area is 165 Å². The van der Waals surface area contributed by atoms with Gasteiger partial charge in [0.05, 0.1) is 23.2 Å². The van der Waals surface area contributed by atoms with Gasteiger partial charge in [-0.25, -0.2) is 9.36 Å². The summed E-state index contributed by atoms with van der Waals surface area (Å²) in [4.78, 5) is 25.2. The van der Waals surface area contributed by atoms with E-state index in [-0.39, 0.29) is 11.2 Å². The molecule has 4 rings (SSSR count). The second-order valence-electron chi connectivity index (χ2n) is 6.72. The average Bonchev–Trinajstić information content (AvgIpc) is 3.09. The third-order valence-corrected chi connectivity index (χ3v) is 5.71. The number of hydrogen-bond donors (Lipinski definition) is 0. The molecule has 2 aromatic heterocycles. The summed E-state index contributed by atoms with van der Waals surface area (Å²) in [5.74, 6) is 0.737. The summed E-state index contributed by atoms with van der Waals surface area (Å²) in [5.41, 5.74) is 3.16. The molecule has 0 aliphatic carbocycles. The second kappa shape index (κ2) is 6.76. The third kappa shape index (κ3) is 2.84. The van der Waals surface area contributed by atoms with Gasteiger partial charge in [-0.05, 0) is 61.3 Å². The van der Waals surface area contributed by atoms with E-state index in [2.05, 4.69) is 4.37 Å².